The molecule has 0 unspecified atom stereocenters. The quantitative estimate of drug-likeness (QED) is 0.757. The van der Waals surface area contributed by atoms with Crippen molar-refractivity contribution >= 4 is 16.9 Å². The third-order valence-corrected chi connectivity index (χ3v) is 3.62. The Balaban J connectivity index is 1.37. The van der Waals surface area contributed by atoms with Crippen molar-refractivity contribution in [2.45, 2.75) is 25.7 Å². The van der Waals surface area contributed by atoms with Crippen molar-refractivity contribution in [3.8, 4) is 0 Å². The van der Waals surface area contributed by atoms with Crippen LogP contribution >= 0.6 is 0 Å². The Kier molecular flexibility index (Phi) is 4.50. The van der Waals surface area contributed by atoms with Gasteiger partial charge in [0.2, 0.25) is 5.91 Å². The Morgan fingerprint density at radius 3 is 3.10 bits per heavy atom. The van der Waals surface area contributed by atoms with E-state index >= 15 is 0 Å². The summed E-state index contributed by atoms with van der Waals surface area (Å²) in [5.74, 6) is 0.760. The molecule has 0 saturated heterocycles. The summed E-state index contributed by atoms with van der Waals surface area (Å²) < 4.78 is 10.7. The molecule has 0 aliphatic heterocycles. The Labute approximate surface area is 123 Å². The average Bonchev–Trinajstić information content (AvgIpc) is 3.24. The van der Waals surface area contributed by atoms with Gasteiger partial charge >= 0.3 is 0 Å². The summed E-state index contributed by atoms with van der Waals surface area (Å²) in [7, 11) is 0. The predicted molar refractivity (Wildman–Crippen MR) is 78.9 cm³/mol. The second-order valence-corrected chi connectivity index (χ2v) is 5.52. The van der Waals surface area contributed by atoms with Gasteiger partial charge in [0.25, 0.3) is 0 Å². The molecule has 3 rings (SSSR count). The lowest BCUT2D eigenvalue weighted by molar-refractivity contribution is -0.120. The second kappa shape index (κ2) is 6.72. The van der Waals surface area contributed by atoms with Crippen LogP contribution in [-0.4, -0.2) is 30.8 Å². The zero-order valence-corrected chi connectivity index (χ0v) is 12.0. The van der Waals surface area contributed by atoms with E-state index in [9.17, 15) is 4.79 Å². The van der Waals surface area contributed by atoms with Crippen molar-refractivity contribution < 1.29 is 14.1 Å². The second-order valence-electron chi connectivity index (χ2n) is 5.52. The van der Waals surface area contributed by atoms with E-state index in [4.69, 9.17) is 9.26 Å². The van der Waals surface area contributed by atoms with Gasteiger partial charge < -0.3 is 14.6 Å². The highest BCUT2D eigenvalue weighted by Gasteiger charge is 2.20. The lowest BCUT2D eigenvalue weighted by Crippen LogP contribution is -2.27. The van der Waals surface area contributed by atoms with Crippen LogP contribution in [0.4, 0.5) is 0 Å². The van der Waals surface area contributed by atoms with Crippen molar-refractivity contribution in [2.24, 2.45) is 5.92 Å². The lowest BCUT2D eigenvalue weighted by atomic mass is 10.1. The predicted octanol–water partition coefficient (Wildman–Crippen LogP) is 2.30. The SMILES string of the molecule is O=C(Cc1noc2ccccc12)NCCCOCC1CC1. The number of nitrogens with zero attached hydrogens (tertiary/aromatic N) is 1. The lowest BCUT2D eigenvalue weighted by Gasteiger charge is -2.05. The average molecular weight is 288 g/mol. The molecule has 1 aliphatic carbocycles. The van der Waals surface area contributed by atoms with Crippen LogP contribution in [0.2, 0.25) is 0 Å². The highest BCUT2D eigenvalue weighted by Crippen LogP contribution is 2.28. The fourth-order valence-corrected chi connectivity index (χ4v) is 2.22. The van der Waals surface area contributed by atoms with Crippen molar-refractivity contribution in [1.82, 2.24) is 10.5 Å². The number of carbonyl (C=O) groups is 1. The zero-order chi connectivity index (χ0) is 14.5. The van der Waals surface area contributed by atoms with Gasteiger partial charge in [0, 0.05) is 25.1 Å². The molecule has 1 aromatic carbocycles. The summed E-state index contributed by atoms with van der Waals surface area (Å²) in [5, 5.41) is 7.75. The molecule has 112 valence electrons. The molecule has 5 nitrogen and oxygen atoms in total. The highest BCUT2D eigenvalue weighted by molar-refractivity contribution is 5.86. The molecule has 1 aliphatic rings. The molecule has 1 amide bonds. The first-order chi connectivity index (χ1) is 10.3. The van der Waals surface area contributed by atoms with E-state index in [0.717, 1.165) is 24.3 Å². The maximum absolute atomic E-state index is 11.9. The fraction of sp³-hybridized carbons (Fsp3) is 0.500. The van der Waals surface area contributed by atoms with E-state index in [1.54, 1.807) is 0 Å². The minimum absolute atomic E-state index is 0.0313. The van der Waals surface area contributed by atoms with Crippen LogP contribution in [0.25, 0.3) is 11.0 Å². The number of amides is 1. The molecule has 1 fully saturated rings. The minimum atomic E-state index is -0.0313. The fourth-order valence-electron chi connectivity index (χ4n) is 2.22. The van der Waals surface area contributed by atoms with Gasteiger partial charge in [0.1, 0.15) is 5.69 Å². The molecule has 1 aromatic heterocycles. The van der Waals surface area contributed by atoms with Crippen LogP contribution < -0.4 is 5.32 Å². The Morgan fingerprint density at radius 1 is 1.38 bits per heavy atom. The molecule has 1 N–H and O–H groups in total. The van der Waals surface area contributed by atoms with Crippen molar-refractivity contribution in [2.75, 3.05) is 19.8 Å². The van der Waals surface area contributed by atoms with Crippen molar-refractivity contribution in [3.05, 3.63) is 30.0 Å². The molecular formula is C16H20N2O3. The van der Waals surface area contributed by atoms with Gasteiger partial charge in [-0.2, -0.15) is 0 Å². The van der Waals surface area contributed by atoms with Crippen molar-refractivity contribution in [1.29, 1.82) is 0 Å². The third kappa shape index (κ3) is 4.04. The van der Waals surface area contributed by atoms with Crippen molar-refractivity contribution in [3.63, 3.8) is 0 Å². The number of aromatic nitrogens is 1. The van der Waals surface area contributed by atoms with Crippen LogP contribution in [-0.2, 0) is 16.0 Å². The van der Waals surface area contributed by atoms with E-state index in [1.165, 1.54) is 12.8 Å². The number of benzene rings is 1. The highest BCUT2D eigenvalue weighted by atomic mass is 16.5. The number of hydrogen-bond donors (Lipinski definition) is 1. The van der Waals surface area contributed by atoms with Gasteiger partial charge in [-0.3, -0.25) is 4.79 Å². The monoisotopic (exact) mass is 288 g/mol. The summed E-state index contributed by atoms with van der Waals surface area (Å²) in [4.78, 5) is 11.9. The summed E-state index contributed by atoms with van der Waals surface area (Å²) in [6, 6.07) is 7.57. The molecule has 5 heteroatoms. The van der Waals surface area contributed by atoms with Crippen LogP contribution in [0.15, 0.2) is 28.8 Å². The Hall–Kier alpha value is -1.88. The van der Waals surface area contributed by atoms with E-state index in [2.05, 4.69) is 10.5 Å². The molecule has 2 aromatic rings. The van der Waals surface area contributed by atoms with Gasteiger partial charge in [-0.05, 0) is 37.3 Å². The number of fused-ring (bicyclic) bond motifs is 1. The summed E-state index contributed by atoms with van der Waals surface area (Å²) in [6.45, 7) is 2.22. The first-order valence-electron chi connectivity index (χ1n) is 7.50. The molecule has 0 radical (unpaired) electrons. The summed E-state index contributed by atoms with van der Waals surface area (Å²) in [6.07, 6.45) is 3.71. The standard InChI is InChI=1S/C16H20N2O3/c19-16(17-8-3-9-20-11-12-6-7-12)10-14-13-4-1-2-5-15(13)21-18-14/h1-2,4-5,12H,3,6-11H2,(H,17,19). The molecule has 1 saturated carbocycles. The van der Waals surface area contributed by atoms with Crippen LogP contribution in [0.5, 0.6) is 0 Å². The number of nitrogens with one attached hydrogen (secondary N) is 1. The number of ether oxygens (including phenoxy) is 1. The number of carbonyl (C=O) groups excluding carboxylic acids is 1. The van der Waals surface area contributed by atoms with Crippen LogP contribution in [0, 0.1) is 5.92 Å². The molecule has 0 atom stereocenters. The molecule has 21 heavy (non-hydrogen) atoms. The molecular weight excluding hydrogens is 268 g/mol. The maximum Gasteiger partial charge on any atom is 0.226 e. The summed E-state index contributed by atoms with van der Waals surface area (Å²) >= 11 is 0. The largest absolute Gasteiger partial charge is 0.381 e. The maximum atomic E-state index is 11.9. The van der Waals surface area contributed by atoms with Gasteiger partial charge in [0.15, 0.2) is 5.58 Å². The number of hydrogen-bond acceptors (Lipinski definition) is 4. The number of rotatable bonds is 8. The first kappa shape index (κ1) is 14.1. The van der Waals surface area contributed by atoms with E-state index in [-0.39, 0.29) is 12.3 Å². The van der Waals surface area contributed by atoms with Gasteiger partial charge in [-0.25, -0.2) is 0 Å². The van der Waals surface area contributed by atoms with Gasteiger partial charge in [-0.15, -0.1) is 0 Å². The van der Waals surface area contributed by atoms with E-state index in [0.29, 0.717) is 24.4 Å². The van der Waals surface area contributed by atoms with E-state index in [1.807, 2.05) is 24.3 Å². The Bertz CT molecular complexity index is 604. The smallest absolute Gasteiger partial charge is 0.226 e. The Morgan fingerprint density at radius 2 is 2.24 bits per heavy atom. The molecule has 0 bridgehead atoms. The number of para-hydroxylation sites is 1. The van der Waals surface area contributed by atoms with Crippen LogP contribution in [0.1, 0.15) is 25.0 Å². The summed E-state index contributed by atoms with van der Waals surface area (Å²) in [5.41, 5.74) is 1.40. The minimum Gasteiger partial charge on any atom is -0.381 e. The normalized spacial score (nSPS) is 14.5. The third-order valence-electron chi connectivity index (χ3n) is 3.62. The first-order valence-corrected chi connectivity index (χ1v) is 7.50. The topological polar surface area (TPSA) is 64.4 Å². The molecule has 1 heterocycles. The zero-order valence-electron chi connectivity index (χ0n) is 12.0. The van der Waals surface area contributed by atoms with Gasteiger partial charge in [-0.1, -0.05) is 17.3 Å². The van der Waals surface area contributed by atoms with Gasteiger partial charge in [0.05, 0.1) is 6.42 Å². The van der Waals surface area contributed by atoms with Crippen LogP contribution in [0.3, 0.4) is 0 Å². The van der Waals surface area contributed by atoms with E-state index < -0.39 is 0 Å². The molecule has 0 spiro atoms.